The van der Waals surface area contributed by atoms with Crippen LogP contribution in [0.4, 0.5) is 14.9 Å². The van der Waals surface area contributed by atoms with Crippen LogP contribution in [0.5, 0.6) is 0 Å². The van der Waals surface area contributed by atoms with Gasteiger partial charge in [-0.25, -0.2) is 9.18 Å². The second-order valence-electron chi connectivity index (χ2n) is 5.70. The maximum Gasteiger partial charge on any atom is 0.322 e. The van der Waals surface area contributed by atoms with E-state index in [0.29, 0.717) is 13.0 Å². The van der Waals surface area contributed by atoms with Gasteiger partial charge in [-0.2, -0.15) is 11.8 Å². The lowest BCUT2D eigenvalue weighted by molar-refractivity contribution is -0.134. The Kier molecular flexibility index (Phi) is 5.05. The molecule has 1 aromatic carbocycles. The van der Waals surface area contributed by atoms with Gasteiger partial charge in [0.05, 0.1) is 5.69 Å². The molecule has 2 aliphatic heterocycles. The van der Waals surface area contributed by atoms with Gasteiger partial charge in [0.2, 0.25) is 5.91 Å². The van der Waals surface area contributed by atoms with E-state index in [0.717, 1.165) is 31.0 Å². The molecule has 2 saturated heterocycles. The van der Waals surface area contributed by atoms with Crippen LogP contribution in [0.1, 0.15) is 12.8 Å². The van der Waals surface area contributed by atoms with Crippen LogP contribution in [0.15, 0.2) is 24.3 Å². The van der Waals surface area contributed by atoms with E-state index in [2.05, 4.69) is 5.32 Å². The van der Waals surface area contributed by atoms with Gasteiger partial charge in [-0.1, -0.05) is 12.1 Å². The van der Waals surface area contributed by atoms with Gasteiger partial charge < -0.3 is 15.1 Å². The van der Waals surface area contributed by atoms with Crippen LogP contribution in [0.25, 0.3) is 0 Å². The van der Waals surface area contributed by atoms with Crippen molar-refractivity contribution in [3.05, 3.63) is 30.1 Å². The molecule has 3 amide bonds. The predicted molar refractivity (Wildman–Crippen MR) is 89.1 cm³/mol. The number of halogens is 1. The highest BCUT2D eigenvalue weighted by Crippen LogP contribution is 2.23. The van der Waals surface area contributed by atoms with Gasteiger partial charge in [-0.15, -0.1) is 0 Å². The first-order chi connectivity index (χ1) is 11.2. The van der Waals surface area contributed by atoms with Gasteiger partial charge in [0.15, 0.2) is 0 Å². The van der Waals surface area contributed by atoms with Crippen molar-refractivity contribution in [3.63, 3.8) is 0 Å². The first-order valence-electron chi connectivity index (χ1n) is 7.85. The summed E-state index contributed by atoms with van der Waals surface area (Å²) >= 11 is 1.84. The third-order valence-electron chi connectivity index (χ3n) is 4.24. The average molecular weight is 337 g/mol. The molecule has 23 heavy (non-hydrogen) atoms. The monoisotopic (exact) mass is 337 g/mol. The molecule has 0 radical (unpaired) electrons. The van der Waals surface area contributed by atoms with Gasteiger partial charge in [0, 0.05) is 31.1 Å². The number of anilines is 1. The smallest absolute Gasteiger partial charge is 0.322 e. The second-order valence-corrected chi connectivity index (χ2v) is 6.92. The molecular weight excluding hydrogens is 317 g/mol. The first-order valence-corrected chi connectivity index (χ1v) is 9.01. The topological polar surface area (TPSA) is 52.7 Å². The molecule has 3 rings (SSSR count). The fraction of sp³-hybridized carbons (Fsp3) is 0.500. The fourth-order valence-corrected chi connectivity index (χ4v) is 3.91. The minimum absolute atomic E-state index is 0.0199. The molecule has 0 aliphatic carbocycles. The molecule has 0 saturated carbocycles. The summed E-state index contributed by atoms with van der Waals surface area (Å²) in [6, 6.07) is 5.22. The highest BCUT2D eigenvalue weighted by Gasteiger charge is 2.37. The zero-order valence-electron chi connectivity index (χ0n) is 12.8. The van der Waals surface area contributed by atoms with Crippen molar-refractivity contribution in [1.82, 2.24) is 9.80 Å². The lowest BCUT2D eigenvalue weighted by atomic mass is 10.2. The number of likely N-dealkylation sites (tertiary alicyclic amines) is 1. The van der Waals surface area contributed by atoms with Crippen LogP contribution in [0, 0.1) is 5.82 Å². The number of carbonyl (C=O) groups is 2. The van der Waals surface area contributed by atoms with E-state index in [-0.39, 0.29) is 11.6 Å². The zero-order chi connectivity index (χ0) is 16.2. The summed E-state index contributed by atoms with van der Waals surface area (Å²) < 4.78 is 13.7. The number of hydrogen-bond acceptors (Lipinski definition) is 3. The van der Waals surface area contributed by atoms with Crippen molar-refractivity contribution in [3.8, 4) is 0 Å². The zero-order valence-corrected chi connectivity index (χ0v) is 13.7. The fourth-order valence-electron chi connectivity index (χ4n) is 3.01. The molecule has 2 heterocycles. The van der Waals surface area contributed by atoms with E-state index >= 15 is 0 Å². The van der Waals surface area contributed by atoms with Gasteiger partial charge in [-0.05, 0) is 25.0 Å². The number of para-hydroxylation sites is 1. The Balaban J connectivity index is 1.67. The van der Waals surface area contributed by atoms with E-state index in [4.69, 9.17) is 0 Å². The predicted octanol–water partition coefficient (Wildman–Crippen LogP) is 2.40. The number of hydrogen-bond donors (Lipinski definition) is 1. The SMILES string of the molecule is O=C([C@@H]1CCCN1C(=O)Nc1ccccc1F)N1CCSCC1. The molecule has 1 N–H and O–H groups in total. The standard InChI is InChI=1S/C16H20FN3O2S/c17-12-4-1-2-5-13(12)18-16(22)20-7-3-6-14(20)15(21)19-8-10-23-11-9-19/h1-2,4-5,14H,3,6-11H2,(H,18,22)/t14-/m0/s1. The molecule has 1 aromatic rings. The van der Waals surface area contributed by atoms with E-state index in [1.54, 1.807) is 12.1 Å². The Morgan fingerprint density at radius 2 is 1.91 bits per heavy atom. The lowest BCUT2D eigenvalue weighted by Gasteiger charge is -2.32. The molecular formula is C16H20FN3O2S. The molecule has 0 spiro atoms. The number of rotatable bonds is 2. The highest BCUT2D eigenvalue weighted by molar-refractivity contribution is 7.99. The van der Waals surface area contributed by atoms with Crippen molar-refractivity contribution >= 4 is 29.4 Å². The Morgan fingerprint density at radius 1 is 1.17 bits per heavy atom. The highest BCUT2D eigenvalue weighted by atomic mass is 32.2. The van der Waals surface area contributed by atoms with E-state index < -0.39 is 17.9 Å². The summed E-state index contributed by atoms with van der Waals surface area (Å²) in [4.78, 5) is 28.5. The Hall–Kier alpha value is -1.76. The van der Waals surface area contributed by atoms with Crippen LogP contribution >= 0.6 is 11.8 Å². The molecule has 124 valence electrons. The molecule has 0 aromatic heterocycles. The van der Waals surface area contributed by atoms with Crippen LogP contribution in [-0.4, -0.2) is 58.9 Å². The maximum absolute atomic E-state index is 13.7. The Morgan fingerprint density at radius 3 is 2.65 bits per heavy atom. The number of carbonyl (C=O) groups excluding carboxylic acids is 2. The van der Waals surface area contributed by atoms with Crippen molar-refractivity contribution in [2.45, 2.75) is 18.9 Å². The molecule has 2 fully saturated rings. The summed E-state index contributed by atoms with van der Waals surface area (Å²) in [7, 11) is 0. The van der Waals surface area contributed by atoms with Gasteiger partial charge in [-0.3, -0.25) is 4.79 Å². The van der Waals surface area contributed by atoms with E-state index in [9.17, 15) is 14.0 Å². The van der Waals surface area contributed by atoms with Crippen LogP contribution in [0.3, 0.4) is 0 Å². The normalized spacial score (nSPS) is 21.3. The summed E-state index contributed by atoms with van der Waals surface area (Å²) in [5, 5.41) is 2.58. The number of urea groups is 1. The minimum Gasteiger partial charge on any atom is -0.339 e. The Labute approximate surface area is 139 Å². The van der Waals surface area contributed by atoms with Gasteiger partial charge in [0.1, 0.15) is 11.9 Å². The average Bonchev–Trinajstić information content (AvgIpc) is 3.07. The van der Waals surface area contributed by atoms with Crippen molar-refractivity contribution in [1.29, 1.82) is 0 Å². The van der Waals surface area contributed by atoms with Crippen LogP contribution < -0.4 is 5.32 Å². The van der Waals surface area contributed by atoms with E-state index in [1.807, 2.05) is 16.7 Å². The molecule has 0 bridgehead atoms. The van der Waals surface area contributed by atoms with Crippen molar-refractivity contribution < 1.29 is 14.0 Å². The molecule has 7 heteroatoms. The third-order valence-corrected chi connectivity index (χ3v) is 5.18. The van der Waals surface area contributed by atoms with Crippen LogP contribution in [0.2, 0.25) is 0 Å². The largest absolute Gasteiger partial charge is 0.339 e. The molecule has 1 atom stereocenters. The van der Waals surface area contributed by atoms with Crippen LogP contribution in [-0.2, 0) is 4.79 Å². The number of nitrogens with one attached hydrogen (secondary N) is 1. The second kappa shape index (κ2) is 7.21. The third kappa shape index (κ3) is 3.60. The number of thioether (sulfide) groups is 1. The van der Waals surface area contributed by atoms with Gasteiger partial charge in [0.25, 0.3) is 0 Å². The lowest BCUT2D eigenvalue weighted by Crippen LogP contribution is -2.51. The van der Waals surface area contributed by atoms with Gasteiger partial charge >= 0.3 is 6.03 Å². The van der Waals surface area contributed by atoms with E-state index in [1.165, 1.54) is 17.0 Å². The maximum atomic E-state index is 13.7. The summed E-state index contributed by atoms with van der Waals surface area (Å²) in [5.41, 5.74) is 0.143. The first kappa shape index (κ1) is 16.1. The Bertz CT molecular complexity index is 592. The minimum atomic E-state index is -0.476. The summed E-state index contributed by atoms with van der Waals surface area (Å²) in [6.07, 6.45) is 1.47. The quantitative estimate of drug-likeness (QED) is 0.902. The number of nitrogens with zero attached hydrogens (tertiary/aromatic N) is 2. The molecule has 2 aliphatic rings. The summed E-state index contributed by atoms with van der Waals surface area (Å²) in [5.74, 6) is 1.43. The molecule has 0 unspecified atom stereocenters. The van der Waals surface area contributed by atoms with Crippen molar-refractivity contribution in [2.75, 3.05) is 36.5 Å². The number of amides is 3. The molecule has 5 nitrogen and oxygen atoms in total. The number of benzene rings is 1. The summed E-state index contributed by atoms with van der Waals surface area (Å²) in [6.45, 7) is 2.00. The van der Waals surface area contributed by atoms with Crippen molar-refractivity contribution in [2.24, 2.45) is 0 Å².